The van der Waals surface area contributed by atoms with E-state index in [2.05, 4.69) is 30.4 Å². The van der Waals surface area contributed by atoms with Crippen molar-refractivity contribution in [3.63, 3.8) is 0 Å². The maximum absolute atomic E-state index is 14.5. The van der Waals surface area contributed by atoms with E-state index in [0.717, 1.165) is 49.4 Å². The third-order valence-corrected chi connectivity index (χ3v) is 5.41. The number of piperidine rings is 1. The summed E-state index contributed by atoms with van der Waals surface area (Å²) in [6, 6.07) is 12.7. The Hall–Kier alpha value is -3.82. The minimum absolute atomic E-state index is 0.0964. The van der Waals surface area contributed by atoms with Gasteiger partial charge in [-0.05, 0) is 29.8 Å². The highest BCUT2D eigenvalue weighted by Gasteiger charge is 2.24. The van der Waals surface area contributed by atoms with Crippen LogP contribution in [-0.2, 0) is 0 Å². The van der Waals surface area contributed by atoms with Gasteiger partial charge in [0.1, 0.15) is 24.0 Å². The van der Waals surface area contributed by atoms with Gasteiger partial charge in [-0.15, -0.1) is 5.11 Å². The molecule has 3 aromatic rings. The van der Waals surface area contributed by atoms with Gasteiger partial charge in [-0.25, -0.2) is 9.38 Å². The van der Waals surface area contributed by atoms with Crippen LogP contribution in [0.1, 0.15) is 38.4 Å². The normalized spacial score (nSPS) is 15.2. The van der Waals surface area contributed by atoms with Gasteiger partial charge in [0.2, 0.25) is 0 Å². The van der Waals surface area contributed by atoms with Gasteiger partial charge in [-0.1, -0.05) is 36.4 Å². The zero-order chi connectivity index (χ0) is 23.2. The first kappa shape index (κ1) is 22.4. The molecular weight excluding hydrogens is 425 g/mol. The fourth-order valence-electron chi connectivity index (χ4n) is 3.60. The molecule has 0 saturated carbocycles. The maximum Gasteiger partial charge on any atom is 0.324 e. The van der Waals surface area contributed by atoms with Gasteiger partial charge in [-0.2, -0.15) is 4.98 Å². The lowest BCUT2D eigenvalue weighted by Crippen LogP contribution is -2.38. The highest BCUT2D eigenvalue weighted by Crippen LogP contribution is 2.29. The number of halogens is 1. The predicted octanol–water partition coefficient (Wildman–Crippen LogP) is 5.03. The van der Waals surface area contributed by atoms with Crippen LogP contribution in [0.3, 0.4) is 0 Å². The van der Waals surface area contributed by atoms with E-state index in [4.69, 9.17) is 15.1 Å². The van der Waals surface area contributed by atoms with Crippen LogP contribution in [0.15, 0.2) is 62.3 Å². The van der Waals surface area contributed by atoms with Gasteiger partial charge in [0.15, 0.2) is 5.82 Å². The Kier molecular flexibility index (Phi) is 6.92. The number of benzene rings is 2. The number of anilines is 1. The summed E-state index contributed by atoms with van der Waals surface area (Å²) in [5.41, 5.74) is 1.66. The topological polar surface area (TPSA) is 114 Å². The molecule has 2 heterocycles. The molecule has 172 valence electrons. The van der Waals surface area contributed by atoms with Crippen molar-refractivity contribution in [3.05, 3.63) is 54.1 Å². The Morgan fingerprint density at radius 3 is 2.58 bits per heavy atom. The van der Waals surface area contributed by atoms with Crippen LogP contribution in [0.25, 0.3) is 11.1 Å². The van der Waals surface area contributed by atoms with Crippen LogP contribution in [0.2, 0.25) is 0 Å². The predicted molar refractivity (Wildman–Crippen MR) is 123 cm³/mol. The molecule has 0 bridgehead atoms. The second-order valence-electron chi connectivity index (χ2n) is 8.06. The van der Waals surface area contributed by atoms with Crippen LogP contribution in [-0.4, -0.2) is 35.7 Å². The maximum atomic E-state index is 14.5. The molecule has 0 radical (unpaired) electrons. The number of hydrogen-bond donors (Lipinski definition) is 1. The number of ether oxygens (including phenoxy) is 1. The van der Waals surface area contributed by atoms with E-state index in [9.17, 15) is 4.39 Å². The third kappa shape index (κ3) is 5.51. The van der Waals surface area contributed by atoms with E-state index in [0.29, 0.717) is 17.3 Å². The van der Waals surface area contributed by atoms with Crippen molar-refractivity contribution in [2.75, 3.05) is 18.0 Å². The smallest absolute Gasteiger partial charge is 0.324 e. The van der Waals surface area contributed by atoms with Crippen LogP contribution in [0, 0.1) is 5.82 Å². The SMILES string of the molecule is CC(C)c1noc(N2CCC(Oc3ccc(-c4ccc(N=CN=NN)cc4F)cc3)CC2)n1. The summed E-state index contributed by atoms with van der Waals surface area (Å²) < 4.78 is 26.1. The summed E-state index contributed by atoms with van der Waals surface area (Å²) in [5.74, 6) is 6.24. The second kappa shape index (κ2) is 10.2. The van der Waals surface area contributed by atoms with Gasteiger partial charge in [-0.3, -0.25) is 0 Å². The van der Waals surface area contributed by atoms with Crippen LogP contribution >= 0.6 is 0 Å². The van der Waals surface area contributed by atoms with Gasteiger partial charge in [0.05, 0.1) is 5.69 Å². The fraction of sp³-hybridized carbons (Fsp3) is 0.348. The zero-order valence-corrected chi connectivity index (χ0v) is 18.6. The third-order valence-electron chi connectivity index (χ3n) is 5.41. The number of aliphatic imine (C=N–C) groups is 1. The standard InChI is InChI=1S/C23H26FN7O2/c1-15(2)22-28-23(33-29-22)31-11-9-19(10-12-31)32-18-6-3-16(4-7-18)20-8-5-17(13-21(20)24)26-14-27-30-25/h3-8,13-15,19H,9-12H2,1-2H3,(H2,25,26,27). The molecule has 1 saturated heterocycles. The summed E-state index contributed by atoms with van der Waals surface area (Å²) >= 11 is 0. The molecule has 2 aromatic carbocycles. The van der Waals surface area contributed by atoms with E-state index < -0.39 is 0 Å². The molecule has 10 heteroatoms. The van der Waals surface area contributed by atoms with Crippen molar-refractivity contribution in [1.82, 2.24) is 10.1 Å². The quantitative estimate of drug-likeness (QED) is 0.177. The molecule has 1 aliphatic rings. The monoisotopic (exact) mass is 451 g/mol. The molecule has 1 fully saturated rings. The van der Waals surface area contributed by atoms with Crippen molar-refractivity contribution in [2.24, 2.45) is 21.2 Å². The number of rotatable bonds is 7. The first-order valence-corrected chi connectivity index (χ1v) is 10.8. The Balaban J connectivity index is 1.34. The average Bonchev–Trinajstić information content (AvgIpc) is 3.31. The van der Waals surface area contributed by atoms with Crippen LogP contribution < -0.4 is 15.5 Å². The van der Waals surface area contributed by atoms with Crippen molar-refractivity contribution in [3.8, 4) is 16.9 Å². The van der Waals surface area contributed by atoms with Crippen LogP contribution in [0.4, 0.5) is 16.1 Å². The molecule has 0 unspecified atom stereocenters. The van der Waals surface area contributed by atoms with Gasteiger partial charge >= 0.3 is 6.01 Å². The summed E-state index contributed by atoms with van der Waals surface area (Å²) in [6.45, 7) is 5.65. The molecule has 0 aliphatic carbocycles. The number of nitrogens with zero attached hydrogens (tertiary/aromatic N) is 6. The molecular formula is C23H26FN7O2. The molecule has 33 heavy (non-hydrogen) atoms. The fourth-order valence-corrected chi connectivity index (χ4v) is 3.60. The van der Waals surface area contributed by atoms with Crippen molar-refractivity contribution in [2.45, 2.75) is 38.7 Å². The molecule has 9 nitrogen and oxygen atoms in total. The number of hydrogen-bond acceptors (Lipinski definition) is 7. The Morgan fingerprint density at radius 2 is 1.94 bits per heavy atom. The molecule has 2 N–H and O–H groups in total. The minimum atomic E-state index is -0.378. The highest BCUT2D eigenvalue weighted by molar-refractivity contribution is 5.68. The molecule has 0 amide bonds. The van der Waals surface area contributed by atoms with E-state index in [1.807, 2.05) is 38.1 Å². The van der Waals surface area contributed by atoms with E-state index in [1.165, 1.54) is 6.07 Å². The first-order valence-electron chi connectivity index (χ1n) is 10.8. The van der Waals surface area contributed by atoms with E-state index in [1.54, 1.807) is 12.1 Å². The molecule has 4 rings (SSSR count). The summed E-state index contributed by atoms with van der Waals surface area (Å²) in [7, 11) is 0. The molecule has 0 atom stereocenters. The van der Waals surface area contributed by atoms with Crippen molar-refractivity contribution >= 4 is 18.0 Å². The highest BCUT2D eigenvalue weighted by atomic mass is 19.1. The van der Waals surface area contributed by atoms with Gasteiger partial charge < -0.3 is 20.0 Å². The Morgan fingerprint density at radius 1 is 1.18 bits per heavy atom. The molecule has 0 spiro atoms. The lowest BCUT2D eigenvalue weighted by molar-refractivity contribution is 0.168. The van der Waals surface area contributed by atoms with Gasteiger partial charge in [0.25, 0.3) is 0 Å². The van der Waals surface area contributed by atoms with Crippen molar-refractivity contribution in [1.29, 1.82) is 0 Å². The average molecular weight is 452 g/mol. The summed E-state index contributed by atoms with van der Waals surface area (Å²) in [5, 5.41) is 10.5. The lowest BCUT2D eigenvalue weighted by Gasteiger charge is -2.30. The Labute approximate surface area is 191 Å². The first-order chi connectivity index (χ1) is 16.0. The largest absolute Gasteiger partial charge is 0.490 e. The molecule has 1 aliphatic heterocycles. The van der Waals surface area contributed by atoms with Crippen LogP contribution in [0.5, 0.6) is 5.75 Å². The molecule has 1 aromatic heterocycles. The summed E-state index contributed by atoms with van der Waals surface area (Å²) in [4.78, 5) is 10.5. The minimum Gasteiger partial charge on any atom is -0.490 e. The van der Waals surface area contributed by atoms with E-state index in [-0.39, 0.29) is 17.8 Å². The van der Waals surface area contributed by atoms with E-state index >= 15 is 0 Å². The van der Waals surface area contributed by atoms with Crippen molar-refractivity contribution < 1.29 is 13.7 Å². The number of nitrogens with two attached hydrogens (primary N) is 1. The van der Waals surface area contributed by atoms with Gasteiger partial charge in [0, 0.05) is 43.5 Å². The second-order valence-corrected chi connectivity index (χ2v) is 8.06. The zero-order valence-electron chi connectivity index (χ0n) is 18.6. The Bertz CT molecular complexity index is 1120. The lowest BCUT2D eigenvalue weighted by atomic mass is 10.0. The summed E-state index contributed by atoms with van der Waals surface area (Å²) in [6.07, 6.45) is 2.96. The number of aromatic nitrogens is 2.